The molecule has 1 heterocycles. The minimum absolute atomic E-state index is 0.0733. The van der Waals surface area contributed by atoms with Crippen LogP contribution in [-0.4, -0.2) is 36.0 Å². The molecule has 0 aliphatic carbocycles. The highest BCUT2D eigenvalue weighted by Gasteiger charge is 2.24. The molecule has 2 unspecified atom stereocenters. The molecule has 2 atom stereocenters. The number of hydrogen-bond donors (Lipinski definition) is 1. The van der Waals surface area contributed by atoms with Gasteiger partial charge in [0.25, 0.3) is 5.91 Å². The van der Waals surface area contributed by atoms with Gasteiger partial charge in [0.15, 0.2) is 6.10 Å². The van der Waals surface area contributed by atoms with Gasteiger partial charge in [-0.2, -0.15) is 0 Å². The fraction of sp³-hybridized carbons (Fsp3) is 0.562. The number of carbonyl (C=O) groups excluding carboxylic acids is 1. The quantitative estimate of drug-likeness (QED) is 0.884. The minimum atomic E-state index is -0.451. The van der Waals surface area contributed by atoms with Crippen molar-refractivity contribution in [2.75, 3.05) is 13.1 Å². The van der Waals surface area contributed by atoms with Gasteiger partial charge < -0.3 is 15.4 Å². The summed E-state index contributed by atoms with van der Waals surface area (Å²) >= 11 is 3.52. The van der Waals surface area contributed by atoms with Crippen molar-refractivity contribution in [3.63, 3.8) is 0 Å². The summed E-state index contributed by atoms with van der Waals surface area (Å²) in [5.41, 5.74) is 6.95. The largest absolute Gasteiger partial charge is 0.481 e. The maximum absolute atomic E-state index is 12.3. The summed E-state index contributed by atoms with van der Waals surface area (Å²) in [6.07, 6.45) is 2.50. The molecule has 5 heteroatoms. The molecule has 0 radical (unpaired) electrons. The van der Waals surface area contributed by atoms with Crippen LogP contribution >= 0.6 is 15.9 Å². The molecule has 2 N–H and O–H groups in total. The van der Waals surface area contributed by atoms with E-state index in [1.165, 1.54) is 0 Å². The zero-order valence-electron chi connectivity index (χ0n) is 12.6. The van der Waals surface area contributed by atoms with Crippen LogP contribution < -0.4 is 10.5 Å². The van der Waals surface area contributed by atoms with Crippen LogP contribution in [0.5, 0.6) is 5.75 Å². The van der Waals surface area contributed by atoms with Gasteiger partial charge in [-0.05, 0) is 56.9 Å². The summed E-state index contributed by atoms with van der Waals surface area (Å²) in [5.74, 6) is 0.790. The molecule has 1 saturated heterocycles. The molecule has 4 nitrogen and oxygen atoms in total. The van der Waals surface area contributed by atoms with Crippen molar-refractivity contribution in [1.82, 2.24) is 4.90 Å². The lowest BCUT2D eigenvalue weighted by atomic mass is 10.1. The Labute approximate surface area is 134 Å². The Morgan fingerprint density at radius 1 is 1.38 bits per heavy atom. The number of hydrogen-bond acceptors (Lipinski definition) is 3. The molecule has 1 aliphatic heterocycles. The van der Waals surface area contributed by atoms with Gasteiger partial charge >= 0.3 is 0 Å². The summed E-state index contributed by atoms with van der Waals surface area (Å²) in [6.45, 7) is 5.49. The van der Waals surface area contributed by atoms with E-state index in [0.717, 1.165) is 42.4 Å². The zero-order chi connectivity index (χ0) is 15.4. The molecule has 116 valence electrons. The molecule has 0 spiro atoms. The van der Waals surface area contributed by atoms with E-state index in [4.69, 9.17) is 10.5 Å². The highest BCUT2D eigenvalue weighted by molar-refractivity contribution is 9.10. The Kier molecular flexibility index (Phi) is 5.65. The molecule has 0 saturated carbocycles. The summed E-state index contributed by atoms with van der Waals surface area (Å²) in [7, 11) is 0. The van der Waals surface area contributed by atoms with E-state index in [2.05, 4.69) is 15.9 Å². The van der Waals surface area contributed by atoms with Crippen LogP contribution in [0.15, 0.2) is 22.7 Å². The first-order valence-electron chi connectivity index (χ1n) is 7.47. The smallest absolute Gasteiger partial charge is 0.263 e. The van der Waals surface area contributed by atoms with Crippen LogP contribution in [0.1, 0.15) is 32.3 Å². The predicted octanol–water partition coefficient (Wildman–Crippen LogP) is 2.73. The number of ether oxygens (including phenoxy) is 1. The van der Waals surface area contributed by atoms with Gasteiger partial charge in [-0.3, -0.25) is 4.79 Å². The molecule has 1 amide bonds. The second-order valence-corrected chi connectivity index (χ2v) is 6.58. The standard InChI is InChI=1S/C16H23BrN2O2/c1-11(18)9-13-10-14(5-6-15(13)17)21-12(2)16(20)19-7-3-4-8-19/h5-6,10-12H,3-4,7-9,18H2,1-2H3. The molecular weight excluding hydrogens is 332 g/mol. The van der Waals surface area contributed by atoms with Gasteiger partial charge in [0.05, 0.1) is 0 Å². The first kappa shape index (κ1) is 16.3. The number of nitrogens with zero attached hydrogens (tertiary/aromatic N) is 1. The first-order chi connectivity index (χ1) is 9.97. The fourth-order valence-corrected chi connectivity index (χ4v) is 2.99. The van der Waals surface area contributed by atoms with Crippen molar-refractivity contribution < 1.29 is 9.53 Å². The van der Waals surface area contributed by atoms with Crippen LogP contribution in [-0.2, 0) is 11.2 Å². The summed E-state index contributed by atoms with van der Waals surface area (Å²) in [6, 6.07) is 5.87. The molecule has 2 rings (SSSR count). The summed E-state index contributed by atoms with van der Waals surface area (Å²) < 4.78 is 6.83. The zero-order valence-corrected chi connectivity index (χ0v) is 14.2. The van der Waals surface area contributed by atoms with Crippen molar-refractivity contribution in [2.24, 2.45) is 5.73 Å². The van der Waals surface area contributed by atoms with Crippen molar-refractivity contribution in [1.29, 1.82) is 0 Å². The SMILES string of the molecule is CC(N)Cc1cc(OC(C)C(=O)N2CCCC2)ccc1Br. The van der Waals surface area contributed by atoms with E-state index >= 15 is 0 Å². The van der Waals surface area contributed by atoms with Crippen molar-refractivity contribution >= 4 is 21.8 Å². The second kappa shape index (κ2) is 7.27. The van der Waals surface area contributed by atoms with Crippen LogP contribution in [0.2, 0.25) is 0 Å². The monoisotopic (exact) mass is 354 g/mol. The number of nitrogens with two attached hydrogens (primary N) is 1. The predicted molar refractivity (Wildman–Crippen MR) is 87.4 cm³/mol. The molecule has 0 aromatic heterocycles. The number of amides is 1. The topological polar surface area (TPSA) is 55.6 Å². The Morgan fingerprint density at radius 3 is 2.67 bits per heavy atom. The van der Waals surface area contributed by atoms with E-state index in [9.17, 15) is 4.79 Å². The third-order valence-electron chi connectivity index (χ3n) is 3.64. The minimum Gasteiger partial charge on any atom is -0.481 e. The van der Waals surface area contributed by atoms with Crippen LogP contribution in [0.4, 0.5) is 0 Å². The third kappa shape index (κ3) is 4.45. The molecule has 1 aromatic carbocycles. The van der Waals surface area contributed by atoms with E-state index in [1.54, 1.807) is 0 Å². The molecular formula is C16H23BrN2O2. The highest BCUT2D eigenvalue weighted by Crippen LogP contribution is 2.25. The van der Waals surface area contributed by atoms with Gasteiger partial charge in [-0.15, -0.1) is 0 Å². The lowest BCUT2D eigenvalue weighted by Crippen LogP contribution is -2.38. The Bertz CT molecular complexity index is 499. The normalized spacial score (nSPS) is 17.6. The number of halogens is 1. The Hall–Kier alpha value is -1.07. The summed E-state index contributed by atoms with van der Waals surface area (Å²) in [4.78, 5) is 14.1. The number of likely N-dealkylation sites (tertiary alicyclic amines) is 1. The number of benzene rings is 1. The highest BCUT2D eigenvalue weighted by atomic mass is 79.9. The van der Waals surface area contributed by atoms with E-state index in [1.807, 2.05) is 36.9 Å². The summed E-state index contributed by atoms with van der Waals surface area (Å²) in [5, 5.41) is 0. The Balaban J connectivity index is 2.03. The fourth-order valence-electron chi connectivity index (χ4n) is 2.58. The average molecular weight is 355 g/mol. The van der Waals surface area contributed by atoms with Gasteiger partial charge in [-0.1, -0.05) is 15.9 Å². The van der Waals surface area contributed by atoms with Gasteiger partial charge in [0, 0.05) is 23.6 Å². The van der Waals surface area contributed by atoms with Crippen LogP contribution in [0, 0.1) is 0 Å². The lowest BCUT2D eigenvalue weighted by Gasteiger charge is -2.21. The number of carbonyl (C=O) groups is 1. The molecule has 21 heavy (non-hydrogen) atoms. The van der Waals surface area contributed by atoms with Crippen molar-refractivity contribution in [3.8, 4) is 5.75 Å². The second-order valence-electron chi connectivity index (χ2n) is 5.73. The van der Waals surface area contributed by atoms with Crippen LogP contribution in [0.3, 0.4) is 0 Å². The Morgan fingerprint density at radius 2 is 2.05 bits per heavy atom. The van der Waals surface area contributed by atoms with Gasteiger partial charge in [0.2, 0.25) is 0 Å². The average Bonchev–Trinajstić information content (AvgIpc) is 2.95. The first-order valence-corrected chi connectivity index (χ1v) is 8.26. The lowest BCUT2D eigenvalue weighted by molar-refractivity contribution is -0.136. The third-order valence-corrected chi connectivity index (χ3v) is 4.41. The van der Waals surface area contributed by atoms with Crippen LogP contribution in [0.25, 0.3) is 0 Å². The molecule has 1 aliphatic rings. The molecule has 1 fully saturated rings. The number of rotatable bonds is 5. The van der Waals surface area contributed by atoms with Crippen molar-refractivity contribution in [2.45, 2.75) is 45.3 Å². The van der Waals surface area contributed by atoms with E-state index < -0.39 is 6.10 Å². The van der Waals surface area contributed by atoms with E-state index in [0.29, 0.717) is 5.75 Å². The molecule has 0 bridgehead atoms. The maximum atomic E-state index is 12.3. The van der Waals surface area contributed by atoms with Gasteiger partial charge in [0.1, 0.15) is 5.75 Å². The molecule has 1 aromatic rings. The van der Waals surface area contributed by atoms with E-state index in [-0.39, 0.29) is 11.9 Å². The van der Waals surface area contributed by atoms with Crippen molar-refractivity contribution in [3.05, 3.63) is 28.2 Å². The maximum Gasteiger partial charge on any atom is 0.263 e. The van der Waals surface area contributed by atoms with Gasteiger partial charge in [-0.25, -0.2) is 0 Å².